The molecule has 2 unspecified atom stereocenters. The van der Waals surface area contributed by atoms with Crippen molar-refractivity contribution in [2.45, 2.75) is 13.0 Å². The summed E-state index contributed by atoms with van der Waals surface area (Å²) < 4.78 is 0. The molecule has 24 heavy (non-hydrogen) atoms. The summed E-state index contributed by atoms with van der Waals surface area (Å²) in [5, 5.41) is 8.31. The topological polar surface area (TPSA) is 70.2 Å². The Hall–Kier alpha value is -3.08. The van der Waals surface area contributed by atoms with Gasteiger partial charge in [0, 0.05) is 11.4 Å². The monoisotopic (exact) mass is 321 g/mol. The third kappa shape index (κ3) is 3.30. The molecule has 1 saturated heterocycles. The van der Waals surface area contributed by atoms with E-state index in [2.05, 4.69) is 22.5 Å². The molecule has 3 amide bonds. The van der Waals surface area contributed by atoms with Crippen molar-refractivity contribution in [3.8, 4) is 0 Å². The van der Waals surface area contributed by atoms with Crippen molar-refractivity contribution in [2.75, 3.05) is 5.32 Å². The molecule has 1 aliphatic rings. The Morgan fingerprint density at radius 2 is 1.75 bits per heavy atom. The number of nitrogens with one attached hydrogen (secondary N) is 3. The normalized spacial score (nSPS) is 20.0. The molecule has 3 rings (SSSR count). The summed E-state index contributed by atoms with van der Waals surface area (Å²) >= 11 is 0. The lowest BCUT2D eigenvalue weighted by atomic mass is 9.88. The molecule has 2 aromatic rings. The highest BCUT2D eigenvalue weighted by Crippen LogP contribution is 2.30. The van der Waals surface area contributed by atoms with E-state index in [-0.39, 0.29) is 11.9 Å². The molecule has 2 atom stereocenters. The molecule has 3 N–H and O–H groups in total. The molecule has 1 aliphatic heterocycles. The van der Waals surface area contributed by atoms with E-state index in [1.807, 2.05) is 61.5 Å². The minimum atomic E-state index is -0.606. The van der Waals surface area contributed by atoms with Crippen LogP contribution in [0, 0.1) is 12.8 Å². The van der Waals surface area contributed by atoms with Gasteiger partial charge in [-0.2, -0.15) is 0 Å². The summed E-state index contributed by atoms with van der Waals surface area (Å²) in [5.74, 6) is -0.824. The zero-order valence-electron chi connectivity index (χ0n) is 13.4. The van der Waals surface area contributed by atoms with E-state index in [4.69, 9.17) is 0 Å². The van der Waals surface area contributed by atoms with Gasteiger partial charge in [-0.05, 0) is 24.6 Å². The Morgan fingerprint density at radius 3 is 2.42 bits per heavy atom. The van der Waals surface area contributed by atoms with Crippen LogP contribution < -0.4 is 16.0 Å². The number of anilines is 1. The number of carbonyl (C=O) groups is 2. The van der Waals surface area contributed by atoms with Crippen LogP contribution in [0.2, 0.25) is 0 Å². The van der Waals surface area contributed by atoms with Crippen molar-refractivity contribution in [2.24, 2.45) is 5.92 Å². The molecule has 2 aromatic carbocycles. The summed E-state index contributed by atoms with van der Waals surface area (Å²) in [6.07, 6.45) is 0. The lowest BCUT2D eigenvalue weighted by molar-refractivity contribution is -0.119. The van der Waals surface area contributed by atoms with Crippen molar-refractivity contribution in [1.82, 2.24) is 10.6 Å². The molecular weight excluding hydrogens is 302 g/mol. The third-order valence-electron chi connectivity index (χ3n) is 4.03. The second-order valence-electron chi connectivity index (χ2n) is 5.85. The van der Waals surface area contributed by atoms with Gasteiger partial charge in [0.1, 0.15) is 5.92 Å². The maximum atomic E-state index is 12.8. The van der Waals surface area contributed by atoms with Crippen LogP contribution in [0.5, 0.6) is 0 Å². The van der Waals surface area contributed by atoms with E-state index in [9.17, 15) is 9.59 Å². The molecule has 5 heteroatoms. The van der Waals surface area contributed by atoms with Crippen LogP contribution in [0.15, 0.2) is 66.9 Å². The fraction of sp³-hybridized carbons (Fsp3) is 0.158. The first-order valence-corrected chi connectivity index (χ1v) is 7.73. The van der Waals surface area contributed by atoms with Gasteiger partial charge in [0.15, 0.2) is 0 Å². The largest absolute Gasteiger partial charge is 0.330 e. The number of para-hydroxylation sites is 1. The molecule has 1 heterocycles. The Morgan fingerprint density at radius 1 is 1.08 bits per heavy atom. The summed E-state index contributed by atoms with van der Waals surface area (Å²) in [6.45, 7) is 5.86. The fourth-order valence-electron chi connectivity index (χ4n) is 2.79. The maximum Gasteiger partial charge on any atom is 0.319 e. The van der Waals surface area contributed by atoms with Crippen LogP contribution in [0.3, 0.4) is 0 Å². The number of amides is 3. The Kier molecular flexibility index (Phi) is 4.33. The lowest BCUT2D eigenvalue weighted by Crippen LogP contribution is -2.51. The number of aryl methyl sites for hydroxylation is 1. The number of benzene rings is 2. The standard InChI is InChI=1S/C19H19N3O2/c1-12-8-10-14(11-9-12)17-16(13(2)20-19(24)22-17)18(23)21-15-6-4-3-5-7-15/h3-11,16-17H,2H2,1H3,(H,21,23)(H2,20,22,24). The molecule has 0 bridgehead atoms. The summed E-state index contributed by atoms with van der Waals surface area (Å²) in [4.78, 5) is 24.6. The average Bonchev–Trinajstić information content (AvgIpc) is 2.55. The van der Waals surface area contributed by atoms with Gasteiger partial charge in [0.2, 0.25) is 5.91 Å². The number of hydrogen-bond donors (Lipinski definition) is 3. The van der Waals surface area contributed by atoms with Crippen molar-refractivity contribution in [1.29, 1.82) is 0 Å². The quantitative estimate of drug-likeness (QED) is 0.813. The highest BCUT2D eigenvalue weighted by atomic mass is 16.2. The van der Waals surface area contributed by atoms with Crippen LogP contribution >= 0.6 is 0 Å². The number of rotatable bonds is 3. The second kappa shape index (κ2) is 6.58. The SMILES string of the molecule is C=C1NC(=O)NC(c2ccc(C)cc2)C1C(=O)Nc1ccccc1. The van der Waals surface area contributed by atoms with Gasteiger partial charge in [-0.15, -0.1) is 0 Å². The van der Waals surface area contributed by atoms with E-state index in [0.29, 0.717) is 11.4 Å². The minimum Gasteiger partial charge on any atom is -0.330 e. The van der Waals surface area contributed by atoms with Gasteiger partial charge >= 0.3 is 6.03 Å². The van der Waals surface area contributed by atoms with Crippen LogP contribution in [-0.4, -0.2) is 11.9 Å². The molecule has 122 valence electrons. The van der Waals surface area contributed by atoms with Gasteiger partial charge in [-0.3, -0.25) is 4.79 Å². The lowest BCUT2D eigenvalue weighted by Gasteiger charge is -2.34. The number of urea groups is 1. The molecule has 0 spiro atoms. The first-order valence-electron chi connectivity index (χ1n) is 7.73. The van der Waals surface area contributed by atoms with Crippen LogP contribution in [0.25, 0.3) is 0 Å². The first kappa shape index (κ1) is 15.8. The van der Waals surface area contributed by atoms with Gasteiger partial charge in [0.05, 0.1) is 6.04 Å². The Balaban J connectivity index is 1.89. The third-order valence-corrected chi connectivity index (χ3v) is 4.03. The maximum absolute atomic E-state index is 12.8. The predicted molar refractivity (Wildman–Crippen MR) is 93.3 cm³/mol. The molecule has 1 fully saturated rings. The van der Waals surface area contributed by atoms with Crippen LogP contribution in [0.1, 0.15) is 17.2 Å². The van der Waals surface area contributed by atoms with Gasteiger partial charge in [-0.25, -0.2) is 4.79 Å². The van der Waals surface area contributed by atoms with Crippen molar-refractivity contribution in [3.63, 3.8) is 0 Å². The number of hydrogen-bond acceptors (Lipinski definition) is 2. The van der Waals surface area contributed by atoms with Crippen molar-refractivity contribution < 1.29 is 9.59 Å². The highest BCUT2D eigenvalue weighted by molar-refractivity contribution is 5.97. The fourth-order valence-corrected chi connectivity index (χ4v) is 2.79. The van der Waals surface area contributed by atoms with E-state index in [1.165, 1.54) is 0 Å². The Labute approximate surface area is 140 Å². The summed E-state index contributed by atoms with van der Waals surface area (Å²) in [5.41, 5.74) is 3.07. The van der Waals surface area contributed by atoms with Gasteiger partial charge < -0.3 is 16.0 Å². The smallest absolute Gasteiger partial charge is 0.319 e. The minimum absolute atomic E-state index is 0.218. The van der Waals surface area contributed by atoms with Gasteiger partial charge in [-0.1, -0.05) is 54.6 Å². The second-order valence-corrected chi connectivity index (χ2v) is 5.85. The molecule has 0 aliphatic carbocycles. The summed E-state index contributed by atoms with van der Waals surface area (Å²) in [6, 6.07) is 16.1. The van der Waals surface area contributed by atoms with Crippen LogP contribution in [0.4, 0.5) is 10.5 Å². The Bertz CT molecular complexity index is 769. The zero-order chi connectivity index (χ0) is 17.1. The zero-order valence-corrected chi connectivity index (χ0v) is 13.4. The van der Waals surface area contributed by atoms with E-state index in [1.54, 1.807) is 0 Å². The summed E-state index contributed by atoms with van der Waals surface area (Å²) in [7, 11) is 0. The van der Waals surface area contributed by atoms with Crippen molar-refractivity contribution in [3.05, 3.63) is 78.0 Å². The molecule has 0 saturated carbocycles. The molecular formula is C19H19N3O2. The molecule has 5 nitrogen and oxygen atoms in total. The predicted octanol–water partition coefficient (Wildman–Crippen LogP) is 3.12. The van der Waals surface area contributed by atoms with Crippen LogP contribution in [-0.2, 0) is 4.79 Å². The van der Waals surface area contributed by atoms with E-state index >= 15 is 0 Å². The number of carbonyl (C=O) groups excluding carboxylic acids is 2. The first-order chi connectivity index (χ1) is 11.5. The average molecular weight is 321 g/mol. The molecule has 0 radical (unpaired) electrons. The van der Waals surface area contributed by atoms with E-state index in [0.717, 1.165) is 11.1 Å². The van der Waals surface area contributed by atoms with Gasteiger partial charge in [0.25, 0.3) is 0 Å². The molecule has 0 aromatic heterocycles. The van der Waals surface area contributed by atoms with Crippen molar-refractivity contribution >= 4 is 17.6 Å². The highest BCUT2D eigenvalue weighted by Gasteiger charge is 2.37. The van der Waals surface area contributed by atoms with E-state index < -0.39 is 12.0 Å².